The van der Waals surface area contributed by atoms with Crippen molar-refractivity contribution >= 4 is 34.8 Å². The maximum atomic E-state index is 13.4. The van der Waals surface area contributed by atoms with Gasteiger partial charge < -0.3 is 19.3 Å². The highest BCUT2D eigenvalue weighted by atomic mass is 32.2. The highest BCUT2D eigenvalue weighted by Gasteiger charge is 2.42. The van der Waals surface area contributed by atoms with Crippen molar-refractivity contribution in [2.75, 3.05) is 26.3 Å². The van der Waals surface area contributed by atoms with Gasteiger partial charge in [-0.2, -0.15) is 13.2 Å². The zero-order valence-corrected chi connectivity index (χ0v) is 22.7. The number of nitrogens with zero attached hydrogens (tertiary/aromatic N) is 3. The van der Waals surface area contributed by atoms with Gasteiger partial charge in [0.25, 0.3) is 0 Å². The molecule has 3 heterocycles. The number of carbonyl (C=O) groups excluding carboxylic acids is 3. The van der Waals surface area contributed by atoms with Crippen molar-refractivity contribution in [3.05, 3.63) is 57.8 Å². The second kappa shape index (κ2) is 11.8. The summed E-state index contributed by atoms with van der Waals surface area (Å²) in [5.41, 5.74) is 0.769. The third kappa shape index (κ3) is 6.15. The summed E-state index contributed by atoms with van der Waals surface area (Å²) in [7, 11) is 0. The molecule has 12 heteroatoms. The molecule has 8 nitrogen and oxygen atoms in total. The van der Waals surface area contributed by atoms with E-state index in [1.807, 2.05) is 0 Å². The van der Waals surface area contributed by atoms with E-state index in [-0.39, 0.29) is 49.5 Å². The molecule has 1 aromatic rings. The lowest BCUT2D eigenvalue weighted by atomic mass is 9.93. The summed E-state index contributed by atoms with van der Waals surface area (Å²) in [5, 5.41) is 2.28. The van der Waals surface area contributed by atoms with E-state index >= 15 is 0 Å². The molecule has 0 N–H and O–H groups in total. The number of benzene rings is 1. The Morgan fingerprint density at radius 2 is 1.79 bits per heavy atom. The van der Waals surface area contributed by atoms with Gasteiger partial charge in [0.05, 0.1) is 48.4 Å². The van der Waals surface area contributed by atoms with E-state index in [0.29, 0.717) is 41.5 Å². The maximum absolute atomic E-state index is 13.4. The number of hydrogen-bond acceptors (Lipinski definition) is 8. The van der Waals surface area contributed by atoms with Crippen LogP contribution in [0, 0.1) is 5.92 Å². The van der Waals surface area contributed by atoms with E-state index in [0.717, 1.165) is 12.1 Å². The summed E-state index contributed by atoms with van der Waals surface area (Å²) >= 11 is 1.27. The number of hydrogen-bond donors (Lipinski definition) is 0. The number of halogens is 3. The Balaban J connectivity index is 1.63. The number of rotatable bonds is 7. The average molecular weight is 566 g/mol. The van der Waals surface area contributed by atoms with E-state index in [1.165, 1.54) is 23.9 Å². The van der Waals surface area contributed by atoms with E-state index in [2.05, 4.69) is 4.99 Å². The van der Waals surface area contributed by atoms with Gasteiger partial charge in [-0.1, -0.05) is 23.9 Å². The number of aliphatic imine (C=N–C) groups is 1. The Bertz CT molecular complexity index is 1230. The molecule has 3 aliphatic heterocycles. The maximum Gasteiger partial charge on any atom is 0.416 e. The normalized spacial score (nSPS) is 21.3. The van der Waals surface area contributed by atoms with E-state index < -0.39 is 23.8 Å². The van der Waals surface area contributed by atoms with Gasteiger partial charge in [0.2, 0.25) is 5.91 Å². The van der Waals surface area contributed by atoms with Gasteiger partial charge in [-0.25, -0.2) is 9.79 Å². The van der Waals surface area contributed by atoms with Gasteiger partial charge in [0.1, 0.15) is 0 Å². The molecule has 1 fully saturated rings. The van der Waals surface area contributed by atoms with Gasteiger partial charge in [0.15, 0.2) is 5.17 Å². The largest absolute Gasteiger partial charge is 0.466 e. The van der Waals surface area contributed by atoms with Crippen molar-refractivity contribution in [1.29, 1.82) is 0 Å². The standard InChI is InChI=1S/C27H30F3N3O5S/c1-4-37-24(35)18-7-6-12-32(14-18)21(34)13-20-15-39-26-31-16(3)22(25(36)38-5-2)23(33(20)26)17-8-10-19(11-9-17)27(28,29)30/h8-11,15,18,23H,4-7,12-14H2,1-3H3/t18-,23+/m0/s1. The summed E-state index contributed by atoms with van der Waals surface area (Å²) in [4.78, 5) is 46.6. The molecule has 2 atom stereocenters. The molecule has 0 spiro atoms. The third-order valence-corrected chi connectivity index (χ3v) is 7.66. The van der Waals surface area contributed by atoms with Crippen molar-refractivity contribution in [2.24, 2.45) is 10.9 Å². The first-order valence-corrected chi connectivity index (χ1v) is 13.7. The highest BCUT2D eigenvalue weighted by Crippen LogP contribution is 2.45. The lowest BCUT2D eigenvalue weighted by Crippen LogP contribution is -2.44. The number of allylic oxidation sites excluding steroid dienone is 1. The predicted molar refractivity (Wildman–Crippen MR) is 139 cm³/mol. The zero-order valence-electron chi connectivity index (χ0n) is 21.9. The van der Waals surface area contributed by atoms with Crippen LogP contribution in [-0.4, -0.2) is 59.1 Å². The van der Waals surface area contributed by atoms with Crippen LogP contribution in [0.1, 0.15) is 57.2 Å². The van der Waals surface area contributed by atoms with Gasteiger partial charge in [-0.05, 0) is 56.7 Å². The second-order valence-electron chi connectivity index (χ2n) is 9.34. The van der Waals surface area contributed by atoms with E-state index in [9.17, 15) is 27.6 Å². The highest BCUT2D eigenvalue weighted by molar-refractivity contribution is 8.16. The summed E-state index contributed by atoms with van der Waals surface area (Å²) in [6.07, 6.45) is -3.23. The number of fused-ring (bicyclic) bond motifs is 1. The minimum absolute atomic E-state index is 0.0339. The molecule has 0 unspecified atom stereocenters. The molecule has 0 radical (unpaired) electrons. The topological polar surface area (TPSA) is 88.5 Å². The number of amides is 1. The first-order valence-electron chi connectivity index (χ1n) is 12.8. The monoisotopic (exact) mass is 565 g/mol. The van der Waals surface area contributed by atoms with E-state index in [1.54, 1.807) is 36.0 Å². The fourth-order valence-electron chi connectivity index (χ4n) is 4.93. The fourth-order valence-corrected chi connectivity index (χ4v) is 5.90. The Morgan fingerprint density at radius 3 is 2.44 bits per heavy atom. The van der Waals surface area contributed by atoms with Gasteiger partial charge >= 0.3 is 18.1 Å². The first kappa shape index (κ1) is 28.7. The fraction of sp³-hybridized carbons (Fsp3) is 0.481. The van der Waals surface area contributed by atoms with Gasteiger partial charge in [0, 0.05) is 18.8 Å². The van der Waals surface area contributed by atoms with Gasteiger partial charge in [-0.15, -0.1) is 0 Å². The number of ether oxygens (including phenoxy) is 2. The molecule has 0 bridgehead atoms. The van der Waals surface area contributed by atoms with Crippen LogP contribution >= 0.6 is 11.8 Å². The average Bonchev–Trinajstić information content (AvgIpc) is 3.29. The van der Waals surface area contributed by atoms with Crippen molar-refractivity contribution in [3.63, 3.8) is 0 Å². The van der Waals surface area contributed by atoms with E-state index in [4.69, 9.17) is 9.47 Å². The Kier molecular flexibility index (Phi) is 8.73. The number of alkyl halides is 3. The smallest absolute Gasteiger partial charge is 0.416 e. The molecule has 0 aromatic heterocycles. The van der Waals surface area contributed by atoms with Crippen LogP contribution in [0.3, 0.4) is 0 Å². The number of carbonyl (C=O) groups is 3. The molecular formula is C27H30F3N3O5S. The molecular weight excluding hydrogens is 535 g/mol. The Hall–Kier alpha value is -3.28. The molecule has 3 aliphatic rings. The summed E-state index contributed by atoms with van der Waals surface area (Å²) < 4.78 is 50.2. The number of piperidine rings is 1. The van der Waals surface area contributed by atoms with Gasteiger partial charge in [-0.3, -0.25) is 9.59 Å². The zero-order chi connectivity index (χ0) is 28.3. The molecule has 1 amide bonds. The van der Waals surface area contributed by atoms with Crippen LogP contribution in [0.5, 0.6) is 0 Å². The summed E-state index contributed by atoms with van der Waals surface area (Å²) in [5.74, 6) is -1.54. The van der Waals surface area contributed by atoms with Crippen molar-refractivity contribution in [3.8, 4) is 0 Å². The number of amidine groups is 1. The van der Waals surface area contributed by atoms with Crippen LogP contribution in [-0.2, 0) is 30.0 Å². The van der Waals surface area contributed by atoms with Crippen molar-refractivity contribution in [2.45, 2.75) is 52.3 Å². The van der Waals surface area contributed by atoms with Crippen molar-refractivity contribution < 1.29 is 37.0 Å². The molecule has 0 aliphatic carbocycles. The molecule has 210 valence electrons. The molecule has 1 saturated heterocycles. The number of thioether (sulfide) groups is 1. The third-order valence-electron chi connectivity index (χ3n) is 6.78. The minimum atomic E-state index is -4.51. The molecule has 39 heavy (non-hydrogen) atoms. The Morgan fingerprint density at radius 1 is 1.10 bits per heavy atom. The van der Waals surface area contributed by atoms with Crippen LogP contribution in [0.15, 0.2) is 51.6 Å². The predicted octanol–water partition coefficient (Wildman–Crippen LogP) is 5.04. The molecule has 0 saturated carbocycles. The summed E-state index contributed by atoms with van der Waals surface area (Å²) in [6, 6.07) is 3.78. The van der Waals surface area contributed by atoms with Crippen LogP contribution < -0.4 is 0 Å². The van der Waals surface area contributed by atoms with Crippen molar-refractivity contribution in [1.82, 2.24) is 9.80 Å². The second-order valence-corrected chi connectivity index (χ2v) is 10.2. The lowest BCUT2D eigenvalue weighted by Gasteiger charge is -2.37. The summed E-state index contributed by atoms with van der Waals surface area (Å²) in [6.45, 7) is 6.19. The first-order chi connectivity index (χ1) is 18.5. The Labute approximate surface area is 228 Å². The van der Waals surface area contributed by atoms with Crippen LogP contribution in [0.2, 0.25) is 0 Å². The van der Waals surface area contributed by atoms with Crippen LogP contribution in [0.25, 0.3) is 0 Å². The SMILES string of the molecule is CCOC(=O)C1=C(C)N=C2SC=C(CC(=O)N3CCC[C@H](C(=O)OCC)C3)N2[C@@H]1c1ccc(C(F)(F)F)cc1. The minimum Gasteiger partial charge on any atom is -0.466 e. The number of esters is 2. The molecule has 4 rings (SSSR count). The number of likely N-dealkylation sites (tertiary alicyclic amines) is 1. The quantitative estimate of drug-likeness (QED) is 0.428. The molecule has 1 aromatic carbocycles. The lowest BCUT2D eigenvalue weighted by molar-refractivity contribution is -0.151. The van der Waals surface area contributed by atoms with Crippen LogP contribution in [0.4, 0.5) is 13.2 Å².